The van der Waals surface area contributed by atoms with E-state index in [2.05, 4.69) is 194 Å². The molecule has 0 spiro atoms. The maximum atomic E-state index is 11.1. The summed E-state index contributed by atoms with van der Waals surface area (Å²) in [5.41, 5.74) is 5.43. The lowest BCUT2D eigenvalue weighted by molar-refractivity contribution is -0.111. The molecule has 0 saturated heterocycles. The smallest absolute Gasteiger partial charge is 0.261 e. The molecule has 0 radical (unpaired) electrons. The Kier molecular flexibility index (Phi) is 30.1. The molecule has 7 heteroatoms. The van der Waals surface area contributed by atoms with Gasteiger partial charge in [-0.25, -0.2) is 8.42 Å². The number of allylic oxidation sites excluding steroid dienone is 1. The lowest BCUT2D eigenvalue weighted by Gasteiger charge is -2.27. The largest absolute Gasteiger partial charge is 1.00 e. The Balaban J connectivity index is 0.000000170. The molecule has 0 aliphatic heterocycles. The summed E-state index contributed by atoms with van der Waals surface area (Å²) < 4.78 is 22.2. The highest BCUT2D eigenvalue weighted by Gasteiger charge is 2.45. The lowest BCUT2D eigenvalue weighted by atomic mass is 9.85. The number of rotatable bonds is 15. The summed E-state index contributed by atoms with van der Waals surface area (Å²) in [4.78, 5) is 10.3. The standard InChI is InChI=1S/C25H22P.C14H19ClO2S.C14H20.C14H18.C7H12O.BrH/c1-5-13-22(14-6-1)21-26(23-15-7-2-8-16-23,24-17-9-3-10-18-24)25-19-11-4-12-20-25;15-18(16,17)14-10-8-13(9-11-14)7-6-12-4-2-1-3-5-12;2*1-3-7-13(8-4-1)11-12-14-9-5-2-6-10-14;8-6-7-4-2-1-3-5-7;/h1-20H,21H2;8-12H,1-7H2;1,3-4,7-8,14H,2,5-6,9-12H2;1,3-4,7-8,11-12,14H,2,5-6,9-10H2;6-7H,1-5H2;1H/q+1;;;;;/p-1/b;;;12-11+;;. The molecule has 4 aliphatic carbocycles. The van der Waals surface area contributed by atoms with Crippen LogP contribution in [-0.4, -0.2) is 14.7 Å². The van der Waals surface area contributed by atoms with Crippen molar-refractivity contribution in [1.29, 1.82) is 0 Å². The van der Waals surface area contributed by atoms with Crippen LogP contribution in [0.2, 0.25) is 0 Å². The van der Waals surface area contributed by atoms with Crippen LogP contribution in [0.1, 0.15) is 164 Å². The zero-order chi connectivity index (χ0) is 55.8. The molecule has 4 saturated carbocycles. The van der Waals surface area contributed by atoms with E-state index < -0.39 is 16.3 Å². The van der Waals surface area contributed by atoms with Crippen LogP contribution in [0.5, 0.6) is 0 Å². The Morgan fingerprint density at radius 2 is 0.728 bits per heavy atom. The monoisotopic (exact) mass is 1200 g/mol. The van der Waals surface area contributed by atoms with Gasteiger partial charge >= 0.3 is 0 Å². The predicted octanol–water partition coefficient (Wildman–Crippen LogP) is 16.6. The predicted molar refractivity (Wildman–Crippen MR) is 346 cm³/mol. The first kappa shape index (κ1) is 65.3. The fourth-order valence-corrected chi connectivity index (χ4v) is 17.2. The van der Waals surface area contributed by atoms with Gasteiger partial charge in [-0.15, -0.1) is 0 Å². The molecule has 0 heterocycles. The normalized spacial score (nSPS) is 16.3. The Bertz CT molecular complexity index is 2750. The van der Waals surface area contributed by atoms with Gasteiger partial charge in [0.25, 0.3) is 9.05 Å². The zero-order valence-electron chi connectivity index (χ0n) is 48.2. The van der Waals surface area contributed by atoms with Crippen molar-refractivity contribution in [3.8, 4) is 0 Å². The van der Waals surface area contributed by atoms with Crippen LogP contribution in [0.25, 0.3) is 6.08 Å². The molecule has 0 N–H and O–H groups in total. The van der Waals surface area contributed by atoms with E-state index in [9.17, 15) is 13.2 Å². The van der Waals surface area contributed by atoms with E-state index in [1.54, 1.807) is 12.1 Å². The van der Waals surface area contributed by atoms with E-state index in [0.717, 1.165) is 49.5 Å². The van der Waals surface area contributed by atoms with Crippen molar-refractivity contribution in [2.45, 2.75) is 165 Å². The van der Waals surface area contributed by atoms with Crippen molar-refractivity contribution in [3.63, 3.8) is 0 Å². The Morgan fingerprint density at radius 3 is 1.10 bits per heavy atom. The molecule has 7 aromatic carbocycles. The number of hydrogen-bond donors (Lipinski definition) is 0. The third kappa shape index (κ3) is 23.3. The van der Waals surface area contributed by atoms with E-state index in [-0.39, 0.29) is 21.9 Å². The summed E-state index contributed by atoms with van der Waals surface area (Å²) in [5.74, 6) is 3.12. The van der Waals surface area contributed by atoms with E-state index in [1.165, 1.54) is 173 Å². The van der Waals surface area contributed by atoms with Crippen molar-refractivity contribution >= 4 is 55.3 Å². The minimum atomic E-state index is -3.58. The van der Waals surface area contributed by atoms with Gasteiger partial charge in [-0.1, -0.05) is 273 Å². The average Bonchev–Trinajstić information content (AvgIpc) is 3.54. The maximum absolute atomic E-state index is 11.1. The molecule has 0 aromatic heterocycles. The molecule has 7 aromatic rings. The van der Waals surface area contributed by atoms with E-state index in [4.69, 9.17) is 10.7 Å². The highest BCUT2D eigenvalue weighted by molar-refractivity contribution is 8.13. The zero-order valence-corrected chi connectivity index (χ0v) is 52.2. The number of benzene rings is 7. The van der Waals surface area contributed by atoms with E-state index in [1.807, 2.05) is 12.1 Å². The van der Waals surface area contributed by atoms with Crippen LogP contribution in [0.4, 0.5) is 0 Å². The number of aldehydes is 1. The highest BCUT2D eigenvalue weighted by atomic mass is 79.9. The number of hydrogen-bond acceptors (Lipinski definition) is 3. The minimum absolute atomic E-state index is 0. The summed E-state index contributed by atoms with van der Waals surface area (Å²) in [5, 5.41) is 4.30. The van der Waals surface area contributed by atoms with Gasteiger partial charge in [-0.3, -0.25) is 0 Å². The van der Waals surface area contributed by atoms with Crippen LogP contribution in [0.3, 0.4) is 0 Å². The van der Waals surface area contributed by atoms with Gasteiger partial charge in [0.1, 0.15) is 29.5 Å². The molecule has 4 fully saturated rings. The fraction of sp³-hybridized carbons (Fsp3) is 0.392. The molecular formula is C74H91BrClO3PS. The summed E-state index contributed by atoms with van der Waals surface area (Å²) in [6.45, 7) is 0. The number of carbonyl (C=O) groups is 1. The van der Waals surface area contributed by atoms with Crippen molar-refractivity contribution in [2.24, 2.45) is 23.7 Å². The lowest BCUT2D eigenvalue weighted by Crippen LogP contribution is -3.00. The molecule has 81 heavy (non-hydrogen) atoms. The second-order valence-electron chi connectivity index (χ2n) is 22.8. The summed E-state index contributed by atoms with van der Waals surface area (Å²) in [6.07, 6.45) is 39.2. The quantitative estimate of drug-likeness (QED) is 0.0584. The molecule has 3 nitrogen and oxygen atoms in total. The number of aryl methyl sites for hydroxylation is 2. The molecule has 11 rings (SSSR count). The second-order valence-corrected chi connectivity index (χ2v) is 28.9. The van der Waals surface area contributed by atoms with Crippen LogP contribution in [0, 0.1) is 23.7 Å². The summed E-state index contributed by atoms with van der Waals surface area (Å²) >= 11 is 0. The van der Waals surface area contributed by atoms with Crippen LogP contribution in [-0.2, 0) is 32.8 Å². The Labute approximate surface area is 505 Å². The Hall–Kier alpha value is -4.90. The van der Waals surface area contributed by atoms with Crippen molar-refractivity contribution in [2.75, 3.05) is 0 Å². The second kappa shape index (κ2) is 37.3. The topological polar surface area (TPSA) is 51.2 Å². The van der Waals surface area contributed by atoms with Crippen molar-refractivity contribution in [1.82, 2.24) is 0 Å². The van der Waals surface area contributed by atoms with Gasteiger partial charge in [0.15, 0.2) is 0 Å². The van der Waals surface area contributed by atoms with Gasteiger partial charge < -0.3 is 21.8 Å². The summed E-state index contributed by atoms with van der Waals surface area (Å²) in [7, 11) is -0.0760. The first-order chi connectivity index (χ1) is 39.3. The Morgan fingerprint density at radius 1 is 0.395 bits per heavy atom. The first-order valence-corrected chi connectivity index (χ1v) is 34.9. The molecule has 4 aliphatic rings. The SMILES string of the molecule is C(=C\C1CCCCC1)/c1ccccc1.O=CC1CCCCC1.O=S(=O)(Cl)c1ccc(CCC2CCCCC2)cc1.[Br-].c1ccc(CCC2CCCCC2)cc1.c1ccc(C[P+](c2ccccc2)(c2ccccc2)c2ccccc2)cc1. The van der Waals surface area contributed by atoms with Crippen molar-refractivity contribution < 1.29 is 30.2 Å². The minimum Gasteiger partial charge on any atom is -1.00 e. The average molecular weight is 1210 g/mol. The molecule has 0 amide bonds. The highest BCUT2D eigenvalue weighted by Crippen LogP contribution is 2.58. The van der Waals surface area contributed by atoms with Crippen LogP contribution >= 0.6 is 17.9 Å². The third-order valence-corrected chi connectivity index (χ3v) is 22.6. The van der Waals surface area contributed by atoms with Gasteiger partial charge in [0, 0.05) is 16.6 Å². The number of halogens is 2. The van der Waals surface area contributed by atoms with Gasteiger partial charge in [0.05, 0.1) is 11.1 Å². The maximum Gasteiger partial charge on any atom is 0.261 e. The molecule has 0 bridgehead atoms. The van der Waals surface area contributed by atoms with E-state index in [0.29, 0.717) is 5.92 Å². The van der Waals surface area contributed by atoms with Gasteiger partial charge in [-0.2, -0.15) is 0 Å². The van der Waals surface area contributed by atoms with Gasteiger partial charge in [0.2, 0.25) is 0 Å². The summed E-state index contributed by atoms with van der Waals surface area (Å²) in [6, 6.07) is 72.5. The van der Waals surface area contributed by atoms with Gasteiger partial charge in [-0.05, 0) is 140 Å². The van der Waals surface area contributed by atoms with Crippen LogP contribution < -0.4 is 32.9 Å². The van der Waals surface area contributed by atoms with E-state index >= 15 is 0 Å². The molecule has 0 atom stereocenters. The molecular weight excluding hydrogens is 1120 g/mol. The number of carbonyl (C=O) groups excluding carboxylic acids is 1. The fourth-order valence-electron chi connectivity index (χ4n) is 12.2. The molecule has 0 unspecified atom stereocenters. The van der Waals surface area contributed by atoms with Crippen molar-refractivity contribution in [3.05, 3.63) is 235 Å². The third-order valence-electron chi connectivity index (χ3n) is 16.9. The first-order valence-electron chi connectivity index (χ1n) is 30.6. The van der Waals surface area contributed by atoms with Crippen LogP contribution in [0.15, 0.2) is 217 Å². The molecule has 430 valence electrons.